The van der Waals surface area contributed by atoms with Crippen LogP contribution in [0.25, 0.3) is 11.3 Å². The molecule has 2 atom stereocenters. The van der Waals surface area contributed by atoms with E-state index >= 15 is 0 Å². The second kappa shape index (κ2) is 9.95. The molecule has 0 spiro atoms. The highest BCUT2D eigenvalue weighted by molar-refractivity contribution is 5.70. The second-order valence-electron chi connectivity index (χ2n) is 10.4. The van der Waals surface area contributed by atoms with Crippen molar-refractivity contribution >= 4 is 5.82 Å². The first-order valence-corrected chi connectivity index (χ1v) is 13.0. The van der Waals surface area contributed by atoms with Crippen LogP contribution in [0.2, 0.25) is 0 Å². The molecule has 3 saturated carbocycles. The number of nitrogens with zero attached hydrogens (tertiary/aromatic N) is 3. The van der Waals surface area contributed by atoms with Crippen LogP contribution in [0.15, 0.2) is 47.1 Å². The normalized spacial score (nSPS) is 24.7. The third-order valence-electron chi connectivity index (χ3n) is 7.86. The smallest absolute Gasteiger partial charge is 0.405 e. The third-order valence-corrected chi connectivity index (χ3v) is 7.86. The van der Waals surface area contributed by atoms with Gasteiger partial charge in [0, 0.05) is 29.3 Å². The largest absolute Gasteiger partial charge is 0.573 e. The lowest BCUT2D eigenvalue weighted by atomic mass is 9.82. The summed E-state index contributed by atoms with van der Waals surface area (Å²) in [4.78, 5) is 4.37. The van der Waals surface area contributed by atoms with E-state index in [9.17, 15) is 13.2 Å². The fourth-order valence-corrected chi connectivity index (χ4v) is 5.98. The Labute approximate surface area is 217 Å². The second-order valence-corrected chi connectivity index (χ2v) is 10.4. The van der Waals surface area contributed by atoms with E-state index in [1.165, 1.54) is 12.1 Å². The number of para-hydroxylation sites is 1. The number of anilines is 1. The number of rotatable bonds is 8. The topological polar surface area (TPSA) is 93.2 Å². The number of aromatic nitrogens is 2. The molecule has 10 heteroatoms. The van der Waals surface area contributed by atoms with E-state index in [0.717, 1.165) is 44.3 Å². The molecule has 3 aromatic rings. The van der Waals surface area contributed by atoms with Gasteiger partial charge < -0.3 is 19.3 Å². The predicted molar refractivity (Wildman–Crippen MR) is 131 cm³/mol. The molecule has 0 aliphatic heterocycles. The van der Waals surface area contributed by atoms with Crippen LogP contribution < -0.4 is 10.1 Å². The SMILES string of the molecule is N#Cc1ccc(NC2C3CCC2CC(OCc2c(-c4ccccc4OC(F)(F)F)noc2C2CC2)C3)nc1. The van der Waals surface area contributed by atoms with Gasteiger partial charge in [-0.15, -0.1) is 13.2 Å². The quantitative estimate of drug-likeness (QED) is 0.356. The van der Waals surface area contributed by atoms with Crippen LogP contribution in [0.4, 0.5) is 19.0 Å². The zero-order chi connectivity index (χ0) is 26.3. The number of halogens is 3. The molecule has 2 bridgehead atoms. The van der Waals surface area contributed by atoms with E-state index in [1.807, 2.05) is 6.07 Å². The lowest BCUT2D eigenvalue weighted by molar-refractivity contribution is -0.274. The van der Waals surface area contributed by atoms with Gasteiger partial charge in [0.05, 0.1) is 18.3 Å². The Morgan fingerprint density at radius 3 is 2.47 bits per heavy atom. The maximum absolute atomic E-state index is 13.0. The van der Waals surface area contributed by atoms with E-state index in [2.05, 4.69) is 26.3 Å². The minimum Gasteiger partial charge on any atom is -0.405 e. The maximum Gasteiger partial charge on any atom is 0.573 e. The van der Waals surface area contributed by atoms with Crippen LogP contribution >= 0.6 is 0 Å². The van der Waals surface area contributed by atoms with Crippen molar-refractivity contribution in [2.75, 3.05) is 5.32 Å². The summed E-state index contributed by atoms with van der Waals surface area (Å²) in [6.45, 7) is 0.227. The number of pyridine rings is 1. The Kier molecular flexibility index (Phi) is 6.48. The fourth-order valence-electron chi connectivity index (χ4n) is 5.98. The molecular weight excluding hydrogens is 497 g/mol. The average Bonchev–Trinajstić information content (AvgIpc) is 3.61. The van der Waals surface area contributed by atoms with Gasteiger partial charge in [0.25, 0.3) is 0 Å². The Morgan fingerprint density at radius 2 is 1.82 bits per heavy atom. The molecular formula is C28H27F3N4O3. The first-order valence-electron chi connectivity index (χ1n) is 13.0. The Morgan fingerprint density at radius 1 is 1.05 bits per heavy atom. The molecule has 3 fully saturated rings. The zero-order valence-electron chi connectivity index (χ0n) is 20.6. The van der Waals surface area contributed by atoms with Gasteiger partial charge in [-0.25, -0.2) is 4.98 Å². The molecule has 3 aliphatic carbocycles. The minimum atomic E-state index is -4.81. The molecule has 0 saturated heterocycles. The van der Waals surface area contributed by atoms with Crippen molar-refractivity contribution in [1.82, 2.24) is 10.1 Å². The number of hydrogen-bond donors (Lipinski definition) is 1. The van der Waals surface area contributed by atoms with Gasteiger partial charge in [-0.05, 0) is 74.6 Å². The summed E-state index contributed by atoms with van der Waals surface area (Å²) in [7, 11) is 0. The summed E-state index contributed by atoms with van der Waals surface area (Å²) in [5.41, 5.74) is 1.82. The van der Waals surface area contributed by atoms with Crippen LogP contribution in [0, 0.1) is 23.2 Å². The van der Waals surface area contributed by atoms with Crippen molar-refractivity contribution in [2.45, 2.75) is 69.6 Å². The van der Waals surface area contributed by atoms with Gasteiger partial charge >= 0.3 is 6.36 Å². The van der Waals surface area contributed by atoms with E-state index in [4.69, 9.17) is 14.5 Å². The molecule has 6 rings (SSSR count). The first-order chi connectivity index (χ1) is 18.4. The summed E-state index contributed by atoms with van der Waals surface area (Å²) in [6, 6.07) is 12.0. The molecule has 2 heterocycles. The highest BCUT2D eigenvalue weighted by atomic mass is 19.4. The Balaban J connectivity index is 1.16. The van der Waals surface area contributed by atoms with Gasteiger partial charge in [-0.2, -0.15) is 5.26 Å². The standard InChI is InChI=1S/C28H27F3N4O3/c29-28(30,31)37-23-4-2-1-3-21(23)26-22(27(38-35-26)17-6-7-17)15-36-20-11-18-8-9-19(12-20)25(18)34-24-10-5-16(13-32)14-33-24/h1-5,10,14,17-20,25H,6-9,11-12,15H2,(H,33,34). The number of ether oxygens (including phenoxy) is 2. The molecule has 0 radical (unpaired) electrons. The Bertz CT molecular complexity index is 1320. The zero-order valence-corrected chi connectivity index (χ0v) is 20.6. The molecule has 1 N–H and O–H groups in total. The van der Waals surface area contributed by atoms with Gasteiger partial charge in [0.2, 0.25) is 0 Å². The number of fused-ring (bicyclic) bond motifs is 2. The molecule has 38 heavy (non-hydrogen) atoms. The number of nitriles is 1. The van der Waals surface area contributed by atoms with Crippen molar-refractivity contribution in [2.24, 2.45) is 11.8 Å². The summed E-state index contributed by atoms with van der Waals surface area (Å²) in [5, 5.41) is 16.7. The van der Waals surface area contributed by atoms with Gasteiger partial charge in [-0.1, -0.05) is 17.3 Å². The minimum absolute atomic E-state index is 0.0379. The van der Waals surface area contributed by atoms with E-state index in [1.54, 1.807) is 24.4 Å². The predicted octanol–water partition coefficient (Wildman–Crippen LogP) is 6.57. The molecule has 2 aromatic heterocycles. The van der Waals surface area contributed by atoms with E-state index in [-0.39, 0.29) is 29.9 Å². The summed E-state index contributed by atoms with van der Waals surface area (Å²) >= 11 is 0. The third kappa shape index (κ3) is 5.20. The van der Waals surface area contributed by atoms with E-state index < -0.39 is 6.36 Å². The van der Waals surface area contributed by atoms with Crippen molar-refractivity contribution in [1.29, 1.82) is 5.26 Å². The maximum atomic E-state index is 13.0. The molecule has 3 aliphatic rings. The monoisotopic (exact) mass is 524 g/mol. The fraction of sp³-hybridized carbons (Fsp3) is 0.464. The number of hydrogen-bond acceptors (Lipinski definition) is 7. The van der Waals surface area contributed by atoms with Crippen molar-refractivity contribution < 1.29 is 27.2 Å². The van der Waals surface area contributed by atoms with Gasteiger partial charge in [0.1, 0.15) is 29.1 Å². The average molecular weight is 525 g/mol. The lowest BCUT2D eigenvalue weighted by Gasteiger charge is -2.36. The molecule has 2 unspecified atom stereocenters. The van der Waals surface area contributed by atoms with Crippen LogP contribution in [-0.2, 0) is 11.3 Å². The number of benzene rings is 1. The van der Waals surface area contributed by atoms with Crippen LogP contribution in [0.3, 0.4) is 0 Å². The first kappa shape index (κ1) is 24.7. The highest BCUT2D eigenvalue weighted by Crippen LogP contribution is 2.47. The summed E-state index contributed by atoms with van der Waals surface area (Å²) in [5.74, 6) is 2.25. The van der Waals surface area contributed by atoms with Crippen molar-refractivity contribution in [3.05, 3.63) is 59.5 Å². The van der Waals surface area contributed by atoms with Crippen LogP contribution in [0.1, 0.15) is 61.3 Å². The molecule has 198 valence electrons. The summed E-state index contributed by atoms with van der Waals surface area (Å²) < 4.78 is 55.5. The van der Waals surface area contributed by atoms with E-state index in [0.29, 0.717) is 40.5 Å². The van der Waals surface area contributed by atoms with Crippen LogP contribution in [0.5, 0.6) is 5.75 Å². The van der Waals surface area contributed by atoms with Gasteiger partial charge in [-0.3, -0.25) is 0 Å². The molecule has 7 nitrogen and oxygen atoms in total. The van der Waals surface area contributed by atoms with Crippen LogP contribution in [-0.4, -0.2) is 28.6 Å². The van der Waals surface area contributed by atoms with Crippen molar-refractivity contribution in [3.63, 3.8) is 0 Å². The molecule has 1 aromatic carbocycles. The molecule has 0 amide bonds. The number of nitrogens with one attached hydrogen (secondary N) is 1. The lowest BCUT2D eigenvalue weighted by Crippen LogP contribution is -2.39. The Hall–Kier alpha value is -3.58. The van der Waals surface area contributed by atoms with Gasteiger partial charge in [0.15, 0.2) is 0 Å². The summed E-state index contributed by atoms with van der Waals surface area (Å²) in [6.07, 6.45) is 2.71. The van der Waals surface area contributed by atoms with Crippen molar-refractivity contribution in [3.8, 4) is 23.1 Å². The highest BCUT2D eigenvalue weighted by Gasteiger charge is 2.44. The number of alkyl halides is 3.